The SMILES string of the molecule is CC(=O)Oc1cccc(C(=O)N[C@H](Cc2ccc(Cl)cc2Cl)C(=O)O)c1. The number of carboxylic acids is 1. The highest BCUT2D eigenvalue weighted by Gasteiger charge is 2.22. The van der Waals surface area contributed by atoms with Crippen LogP contribution in [-0.2, 0) is 16.0 Å². The first-order valence-corrected chi connectivity index (χ1v) is 8.28. The summed E-state index contributed by atoms with van der Waals surface area (Å²) in [5, 5.41) is 12.6. The van der Waals surface area contributed by atoms with Crippen molar-refractivity contribution in [1.29, 1.82) is 0 Å². The minimum absolute atomic E-state index is 0.0132. The summed E-state index contributed by atoms with van der Waals surface area (Å²) in [6, 6.07) is 9.38. The van der Waals surface area contributed by atoms with E-state index in [1.54, 1.807) is 12.1 Å². The molecule has 2 rings (SSSR count). The Bertz CT molecular complexity index is 853. The fourth-order valence-electron chi connectivity index (χ4n) is 2.22. The normalized spacial score (nSPS) is 11.5. The van der Waals surface area contributed by atoms with Gasteiger partial charge in [-0.05, 0) is 35.9 Å². The lowest BCUT2D eigenvalue weighted by Gasteiger charge is -2.16. The number of carbonyl (C=O) groups excluding carboxylic acids is 2. The van der Waals surface area contributed by atoms with E-state index < -0.39 is 23.9 Å². The first kappa shape index (κ1) is 19.8. The maximum Gasteiger partial charge on any atom is 0.326 e. The van der Waals surface area contributed by atoms with Gasteiger partial charge in [-0.15, -0.1) is 0 Å². The molecule has 0 spiro atoms. The van der Waals surface area contributed by atoms with E-state index in [1.165, 1.54) is 37.3 Å². The van der Waals surface area contributed by atoms with Crippen molar-refractivity contribution >= 4 is 41.0 Å². The lowest BCUT2D eigenvalue weighted by atomic mass is 10.1. The highest BCUT2D eigenvalue weighted by molar-refractivity contribution is 6.35. The molecule has 26 heavy (non-hydrogen) atoms. The van der Waals surface area contributed by atoms with Crippen LogP contribution in [0.1, 0.15) is 22.8 Å². The highest BCUT2D eigenvalue weighted by Crippen LogP contribution is 2.22. The zero-order valence-corrected chi connectivity index (χ0v) is 15.2. The van der Waals surface area contributed by atoms with Gasteiger partial charge in [0, 0.05) is 29.0 Å². The number of aliphatic carboxylic acids is 1. The average Bonchev–Trinajstić information content (AvgIpc) is 2.55. The lowest BCUT2D eigenvalue weighted by molar-refractivity contribution is -0.139. The Morgan fingerprint density at radius 1 is 1.15 bits per heavy atom. The second-order valence-electron chi connectivity index (χ2n) is 5.43. The van der Waals surface area contributed by atoms with Crippen molar-refractivity contribution in [3.63, 3.8) is 0 Å². The van der Waals surface area contributed by atoms with Crippen LogP contribution in [0.5, 0.6) is 5.75 Å². The van der Waals surface area contributed by atoms with Crippen molar-refractivity contribution in [2.24, 2.45) is 0 Å². The van der Waals surface area contributed by atoms with E-state index in [0.29, 0.717) is 15.6 Å². The van der Waals surface area contributed by atoms with Gasteiger partial charge >= 0.3 is 11.9 Å². The van der Waals surface area contributed by atoms with E-state index >= 15 is 0 Å². The molecule has 0 aliphatic carbocycles. The molecule has 2 aromatic carbocycles. The number of esters is 1. The Balaban J connectivity index is 2.15. The molecule has 0 aliphatic rings. The predicted octanol–water partition coefficient (Wildman–Crippen LogP) is 3.34. The Kier molecular flexibility index (Phi) is 6.60. The zero-order chi connectivity index (χ0) is 19.3. The third-order valence-electron chi connectivity index (χ3n) is 3.40. The number of hydrogen-bond donors (Lipinski definition) is 2. The van der Waals surface area contributed by atoms with Crippen molar-refractivity contribution in [2.75, 3.05) is 0 Å². The van der Waals surface area contributed by atoms with Crippen LogP contribution < -0.4 is 10.1 Å². The van der Waals surface area contributed by atoms with E-state index in [0.717, 1.165) is 0 Å². The molecule has 2 N–H and O–H groups in total. The number of carboxylic acid groups (broad SMARTS) is 1. The van der Waals surface area contributed by atoms with Gasteiger partial charge in [-0.25, -0.2) is 4.79 Å². The van der Waals surface area contributed by atoms with Gasteiger partial charge in [0.2, 0.25) is 0 Å². The molecule has 0 saturated carbocycles. The summed E-state index contributed by atoms with van der Waals surface area (Å²) in [6.07, 6.45) is -0.0132. The smallest absolute Gasteiger partial charge is 0.326 e. The molecule has 0 fully saturated rings. The number of rotatable bonds is 6. The van der Waals surface area contributed by atoms with Crippen LogP contribution in [0.3, 0.4) is 0 Å². The Morgan fingerprint density at radius 3 is 2.50 bits per heavy atom. The second-order valence-corrected chi connectivity index (χ2v) is 6.27. The van der Waals surface area contributed by atoms with Gasteiger partial charge in [0.1, 0.15) is 11.8 Å². The molecular formula is C18H15Cl2NO5. The maximum absolute atomic E-state index is 12.4. The van der Waals surface area contributed by atoms with Gasteiger partial charge < -0.3 is 15.2 Å². The standard InChI is InChI=1S/C18H15Cl2NO5/c1-10(22)26-14-4-2-3-12(7-14)17(23)21-16(18(24)25)8-11-5-6-13(19)9-15(11)20/h2-7,9,16H,8H2,1H3,(H,21,23)(H,24,25)/t16-/m1/s1. The summed E-state index contributed by atoms with van der Waals surface area (Å²) in [6.45, 7) is 1.24. The third kappa shape index (κ3) is 5.47. The molecule has 8 heteroatoms. The second kappa shape index (κ2) is 8.69. The number of amides is 1. The Hall–Kier alpha value is -2.57. The number of hydrogen-bond acceptors (Lipinski definition) is 4. The summed E-state index contributed by atoms with van der Waals surface area (Å²) < 4.78 is 4.91. The first-order valence-electron chi connectivity index (χ1n) is 7.52. The summed E-state index contributed by atoms with van der Waals surface area (Å²) in [4.78, 5) is 34.9. The maximum atomic E-state index is 12.4. The molecule has 6 nitrogen and oxygen atoms in total. The predicted molar refractivity (Wildman–Crippen MR) is 96.8 cm³/mol. The van der Waals surface area contributed by atoms with Gasteiger partial charge in [-0.1, -0.05) is 35.3 Å². The van der Waals surface area contributed by atoms with Crippen LogP contribution in [0.25, 0.3) is 0 Å². The largest absolute Gasteiger partial charge is 0.480 e. The summed E-state index contributed by atoms with van der Waals surface area (Å²) in [5.41, 5.74) is 0.703. The average molecular weight is 396 g/mol. The molecule has 0 unspecified atom stereocenters. The van der Waals surface area contributed by atoms with Crippen molar-refractivity contribution in [2.45, 2.75) is 19.4 Å². The number of ether oxygens (including phenoxy) is 1. The van der Waals surface area contributed by atoms with Crippen LogP contribution >= 0.6 is 23.2 Å². The molecule has 0 radical (unpaired) electrons. The zero-order valence-electron chi connectivity index (χ0n) is 13.7. The molecular weight excluding hydrogens is 381 g/mol. The summed E-state index contributed by atoms with van der Waals surface area (Å²) >= 11 is 11.9. The fourth-order valence-corrected chi connectivity index (χ4v) is 2.70. The number of nitrogens with one attached hydrogen (secondary N) is 1. The molecule has 1 amide bonds. The van der Waals surface area contributed by atoms with E-state index in [1.807, 2.05) is 0 Å². The van der Waals surface area contributed by atoms with Crippen LogP contribution in [0.4, 0.5) is 0 Å². The molecule has 2 aromatic rings. The Labute approximate surface area is 159 Å². The first-order chi connectivity index (χ1) is 12.3. The van der Waals surface area contributed by atoms with Crippen LogP contribution in [0.15, 0.2) is 42.5 Å². The number of benzene rings is 2. The number of carbonyl (C=O) groups is 3. The van der Waals surface area contributed by atoms with Crippen molar-refractivity contribution in [1.82, 2.24) is 5.32 Å². The van der Waals surface area contributed by atoms with Gasteiger partial charge in [-0.3, -0.25) is 9.59 Å². The number of halogens is 2. The van der Waals surface area contributed by atoms with Crippen LogP contribution in [0.2, 0.25) is 10.0 Å². The lowest BCUT2D eigenvalue weighted by Crippen LogP contribution is -2.42. The quantitative estimate of drug-likeness (QED) is 0.577. The molecule has 0 saturated heterocycles. The Morgan fingerprint density at radius 2 is 1.88 bits per heavy atom. The molecule has 136 valence electrons. The van der Waals surface area contributed by atoms with E-state index in [4.69, 9.17) is 27.9 Å². The van der Waals surface area contributed by atoms with Crippen molar-refractivity contribution in [3.8, 4) is 5.75 Å². The van der Waals surface area contributed by atoms with Gasteiger partial charge in [0.05, 0.1) is 0 Å². The third-order valence-corrected chi connectivity index (χ3v) is 3.99. The minimum Gasteiger partial charge on any atom is -0.480 e. The summed E-state index contributed by atoms with van der Waals surface area (Å²) in [5.74, 6) is -2.15. The highest BCUT2D eigenvalue weighted by atomic mass is 35.5. The van der Waals surface area contributed by atoms with E-state index in [-0.39, 0.29) is 17.7 Å². The monoisotopic (exact) mass is 395 g/mol. The minimum atomic E-state index is -1.21. The van der Waals surface area contributed by atoms with Crippen molar-refractivity contribution in [3.05, 3.63) is 63.6 Å². The van der Waals surface area contributed by atoms with Crippen molar-refractivity contribution < 1.29 is 24.2 Å². The molecule has 0 heterocycles. The topological polar surface area (TPSA) is 92.7 Å². The fraction of sp³-hybridized carbons (Fsp3) is 0.167. The van der Waals surface area contributed by atoms with Gasteiger partial charge in [0.25, 0.3) is 5.91 Å². The molecule has 0 bridgehead atoms. The van der Waals surface area contributed by atoms with Crippen LogP contribution in [-0.4, -0.2) is 29.0 Å². The van der Waals surface area contributed by atoms with Gasteiger partial charge in [-0.2, -0.15) is 0 Å². The van der Waals surface area contributed by atoms with E-state index in [9.17, 15) is 19.5 Å². The van der Waals surface area contributed by atoms with E-state index in [2.05, 4.69) is 5.32 Å². The van der Waals surface area contributed by atoms with Crippen LogP contribution in [0, 0.1) is 0 Å². The summed E-state index contributed by atoms with van der Waals surface area (Å²) in [7, 11) is 0. The molecule has 0 aliphatic heterocycles. The van der Waals surface area contributed by atoms with Gasteiger partial charge in [0.15, 0.2) is 0 Å². The molecule has 1 atom stereocenters. The molecule has 0 aromatic heterocycles.